The molecule has 0 N–H and O–H groups in total. The summed E-state index contributed by atoms with van der Waals surface area (Å²) in [6.45, 7) is 4.25. The first-order valence-corrected chi connectivity index (χ1v) is 3.84. The third-order valence-electron chi connectivity index (χ3n) is 0.988. The quantitative estimate of drug-likeness (QED) is 0.614. The van der Waals surface area contributed by atoms with Gasteiger partial charge in [-0.15, -0.1) is 11.3 Å². The maximum Gasteiger partial charge on any atom is 0.0930 e. The summed E-state index contributed by atoms with van der Waals surface area (Å²) in [6, 6.07) is 0. The Morgan fingerprint density at radius 1 is 1.67 bits per heavy atom. The fraction of sp³-hybridized carbons (Fsp3) is 0.429. The number of rotatable bonds is 2. The Morgan fingerprint density at radius 3 is 2.89 bits per heavy atom. The van der Waals surface area contributed by atoms with Crippen molar-refractivity contribution in [2.75, 3.05) is 0 Å². The van der Waals surface area contributed by atoms with E-state index < -0.39 is 0 Å². The van der Waals surface area contributed by atoms with E-state index in [1.165, 1.54) is 10.9 Å². The zero-order valence-corrected chi connectivity index (χ0v) is 6.53. The molecule has 0 aliphatic carbocycles. The molecule has 0 unspecified atom stereocenters. The van der Waals surface area contributed by atoms with Crippen LogP contribution in [0, 0.1) is 5.92 Å². The van der Waals surface area contributed by atoms with Gasteiger partial charge in [-0.05, 0) is 5.92 Å². The fourth-order valence-electron chi connectivity index (χ4n) is 0.643. The largest absolute Gasteiger partial charge is 0.250 e. The topological polar surface area (TPSA) is 12.9 Å². The van der Waals surface area contributed by atoms with E-state index in [-0.39, 0.29) is 0 Å². The van der Waals surface area contributed by atoms with Gasteiger partial charge in [0.15, 0.2) is 0 Å². The first-order valence-electron chi connectivity index (χ1n) is 2.96. The van der Waals surface area contributed by atoms with Crippen molar-refractivity contribution < 1.29 is 0 Å². The van der Waals surface area contributed by atoms with Crippen LogP contribution in [0.15, 0.2) is 11.6 Å². The molecule has 0 atom stereocenters. The van der Waals surface area contributed by atoms with Crippen LogP contribution in [-0.2, 0) is 6.42 Å². The first kappa shape index (κ1) is 6.75. The first-order chi connectivity index (χ1) is 4.29. The highest BCUT2D eigenvalue weighted by atomic mass is 32.1. The second kappa shape index (κ2) is 2.97. The molecule has 0 saturated carbocycles. The minimum Gasteiger partial charge on any atom is -0.250 e. The summed E-state index contributed by atoms with van der Waals surface area (Å²) in [4.78, 5) is 4.15. The van der Waals surface area contributed by atoms with E-state index in [2.05, 4.69) is 18.8 Å². The lowest BCUT2D eigenvalue weighted by atomic mass is 10.1. The molecule has 2 heteroatoms. The molecule has 1 aromatic rings. The van der Waals surface area contributed by atoms with Crippen LogP contribution >= 0.6 is 11.3 Å². The smallest absolute Gasteiger partial charge is 0.0930 e. The zero-order chi connectivity index (χ0) is 6.69. The standard InChI is InChI=1S/C7H10NS/c1-6(2)5-7-8-3-4-9-7/h3-4H,5H2,1-2H3. The minimum atomic E-state index is 1.04. The van der Waals surface area contributed by atoms with E-state index in [1.54, 1.807) is 11.3 Å². The van der Waals surface area contributed by atoms with Crippen molar-refractivity contribution in [2.24, 2.45) is 0 Å². The van der Waals surface area contributed by atoms with Gasteiger partial charge in [-0.25, -0.2) is 4.98 Å². The van der Waals surface area contributed by atoms with Crippen LogP contribution in [0.5, 0.6) is 0 Å². The molecule has 1 rings (SSSR count). The van der Waals surface area contributed by atoms with Crippen molar-refractivity contribution in [3.8, 4) is 0 Å². The van der Waals surface area contributed by atoms with Crippen molar-refractivity contribution in [3.63, 3.8) is 0 Å². The zero-order valence-electron chi connectivity index (χ0n) is 5.72. The van der Waals surface area contributed by atoms with E-state index in [0.717, 1.165) is 6.42 Å². The van der Waals surface area contributed by atoms with Crippen LogP contribution < -0.4 is 0 Å². The molecular formula is C7H10NS. The van der Waals surface area contributed by atoms with Crippen molar-refractivity contribution in [1.29, 1.82) is 0 Å². The van der Waals surface area contributed by atoms with Crippen molar-refractivity contribution in [3.05, 3.63) is 22.5 Å². The predicted molar refractivity (Wildman–Crippen MR) is 40.4 cm³/mol. The average molecular weight is 140 g/mol. The van der Waals surface area contributed by atoms with Crippen LogP contribution in [0.1, 0.15) is 18.9 Å². The van der Waals surface area contributed by atoms with Crippen molar-refractivity contribution >= 4 is 11.3 Å². The molecule has 0 bridgehead atoms. The molecule has 1 radical (unpaired) electrons. The lowest BCUT2D eigenvalue weighted by Gasteiger charge is -1.96. The maximum atomic E-state index is 4.15. The second-order valence-electron chi connectivity index (χ2n) is 2.31. The summed E-state index contributed by atoms with van der Waals surface area (Å²) < 4.78 is 0. The number of aromatic nitrogens is 1. The summed E-state index contributed by atoms with van der Waals surface area (Å²) in [5.74, 6) is 1.42. The molecule has 0 amide bonds. The molecule has 0 aromatic carbocycles. The molecule has 0 aliphatic rings. The highest BCUT2D eigenvalue weighted by Gasteiger charge is 1.98. The van der Waals surface area contributed by atoms with Gasteiger partial charge in [-0.1, -0.05) is 13.8 Å². The monoisotopic (exact) mass is 140 g/mol. The second-order valence-corrected chi connectivity index (χ2v) is 3.29. The van der Waals surface area contributed by atoms with Crippen LogP contribution in [0.4, 0.5) is 0 Å². The summed E-state index contributed by atoms with van der Waals surface area (Å²) in [5.41, 5.74) is 0. The summed E-state index contributed by atoms with van der Waals surface area (Å²) in [6.07, 6.45) is 2.89. The van der Waals surface area contributed by atoms with E-state index >= 15 is 0 Å². The van der Waals surface area contributed by atoms with Gasteiger partial charge in [0.2, 0.25) is 0 Å². The van der Waals surface area contributed by atoms with Gasteiger partial charge in [0, 0.05) is 18.0 Å². The third kappa shape index (κ3) is 2.14. The Hall–Kier alpha value is -0.370. The van der Waals surface area contributed by atoms with E-state index in [4.69, 9.17) is 0 Å². The van der Waals surface area contributed by atoms with E-state index in [0.29, 0.717) is 0 Å². The minimum absolute atomic E-state index is 1.04. The van der Waals surface area contributed by atoms with Gasteiger partial charge >= 0.3 is 0 Å². The Bertz CT molecular complexity index is 155. The van der Waals surface area contributed by atoms with Crippen molar-refractivity contribution in [1.82, 2.24) is 4.98 Å². The van der Waals surface area contributed by atoms with E-state index in [1.807, 2.05) is 11.6 Å². The van der Waals surface area contributed by atoms with Crippen molar-refractivity contribution in [2.45, 2.75) is 20.3 Å². The molecule has 0 spiro atoms. The third-order valence-corrected chi connectivity index (χ3v) is 1.77. The van der Waals surface area contributed by atoms with Crippen LogP contribution in [0.2, 0.25) is 0 Å². The molecule has 0 saturated heterocycles. The average Bonchev–Trinajstić information content (AvgIpc) is 2.15. The van der Waals surface area contributed by atoms with Gasteiger partial charge in [-0.2, -0.15) is 0 Å². The lowest BCUT2D eigenvalue weighted by molar-refractivity contribution is 0.943. The lowest BCUT2D eigenvalue weighted by Crippen LogP contribution is -1.89. The van der Waals surface area contributed by atoms with E-state index in [9.17, 15) is 0 Å². The number of nitrogens with zero attached hydrogens (tertiary/aromatic N) is 1. The normalized spacial score (nSPS) is 10.6. The Labute approximate surface area is 59.8 Å². The van der Waals surface area contributed by atoms with Crippen LogP contribution in [-0.4, -0.2) is 4.98 Å². The molecular weight excluding hydrogens is 130 g/mol. The van der Waals surface area contributed by atoms with Gasteiger partial charge in [-0.3, -0.25) is 0 Å². The number of hydrogen-bond acceptors (Lipinski definition) is 2. The molecule has 0 aliphatic heterocycles. The Kier molecular flexibility index (Phi) is 2.22. The number of hydrogen-bond donors (Lipinski definition) is 0. The molecule has 1 aromatic heterocycles. The maximum absolute atomic E-state index is 4.15. The molecule has 9 heavy (non-hydrogen) atoms. The van der Waals surface area contributed by atoms with Gasteiger partial charge in [0.1, 0.15) is 0 Å². The number of thiazole rings is 1. The molecule has 1 nitrogen and oxygen atoms in total. The SMILES string of the molecule is C[C](C)Cc1nccs1. The van der Waals surface area contributed by atoms with Gasteiger partial charge in [0.05, 0.1) is 5.01 Å². The predicted octanol–water partition coefficient (Wildman–Crippen LogP) is 2.30. The molecule has 49 valence electrons. The van der Waals surface area contributed by atoms with Crippen LogP contribution in [0.25, 0.3) is 0 Å². The Morgan fingerprint density at radius 2 is 2.44 bits per heavy atom. The summed E-state index contributed by atoms with van der Waals surface area (Å²) in [5, 5.41) is 3.23. The molecule has 0 fully saturated rings. The van der Waals surface area contributed by atoms with Gasteiger partial charge < -0.3 is 0 Å². The highest BCUT2D eigenvalue weighted by molar-refractivity contribution is 7.09. The highest BCUT2D eigenvalue weighted by Crippen LogP contribution is 2.10. The molecule has 1 heterocycles. The van der Waals surface area contributed by atoms with Gasteiger partial charge in [0.25, 0.3) is 0 Å². The summed E-state index contributed by atoms with van der Waals surface area (Å²) >= 11 is 1.72. The fourth-order valence-corrected chi connectivity index (χ4v) is 1.42. The Balaban J connectivity index is 2.48. The van der Waals surface area contributed by atoms with Crippen LogP contribution in [0.3, 0.4) is 0 Å². The summed E-state index contributed by atoms with van der Waals surface area (Å²) in [7, 11) is 0.